The van der Waals surface area contributed by atoms with Crippen molar-refractivity contribution >= 4 is 39.2 Å². The van der Waals surface area contributed by atoms with Crippen molar-refractivity contribution in [3.8, 4) is 5.69 Å². The standard InChI is InChI=1S/C30H27BrN4O2/c1-20-6-4-7-21(18-20)29-27-10-5-17-33(27)25-8-2-3-9-26(25)35(29)28(36)19-34(24-15-16-24)30(37)32-23-13-11-22(31)12-14-23/h2-14,17-18,24,29H,15-16,19H2,1H3,(H,32,37). The van der Waals surface area contributed by atoms with E-state index >= 15 is 0 Å². The minimum Gasteiger partial charge on any atom is -0.316 e. The highest BCUT2D eigenvalue weighted by molar-refractivity contribution is 9.10. The lowest BCUT2D eigenvalue weighted by Gasteiger charge is -2.39. The first-order valence-electron chi connectivity index (χ1n) is 12.5. The van der Waals surface area contributed by atoms with E-state index in [1.54, 1.807) is 4.90 Å². The molecule has 6 rings (SSSR count). The zero-order valence-corrected chi connectivity index (χ0v) is 22.1. The van der Waals surface area contributed by atoms with E-state index in [2.05, 4.69) is 57.0 Å². The normalized spacial score (nSPS) is 16.1. The predicted molar refractivity (Wildman–Crippen MR) is 149 cm³/mol. The molecule has 37 heavy (non-hydrogen) atoms. The molecule has 4 aromatic rings. The SMILES string of the molecule is Cc1cccc(C2c3cccn3-c3ccccc3N2C(=O)CN(C(=O)Nc2ccc(Br)cc2)C2CC2)c1. The fourth-order valence-corrected chi connectivity index (χ4v) is 5.39. The Balaban J connectivity index is 1.36. The Morgan fingerprint density at radius 2 is 1.70 bits per heavy atom. The molecule has 7 heteroatoms. The van der Waals surface area contributed by atoms with E-state index in [0.29, 0.717) is 5.69 Å². The predicted octanol–water partition coefficient (Wildman–Crippen LogP) is 6.68. The van der Waals surface area contributed by atoms with Crippen molar-refractivity contribution in [2.24, 2.45) is 0 Å². The van der Waals surface area contributed by atoms with Crippen LogP contribution in [0, 0.1) is 6.92 Å². The molecule has 186 valence electrons. The highest BCUT2D eigenvalue weighted by Gasteiger charge is 2.40. The minimum absolute atomic E-state index is 0.00435. The number of halogens is 1. The largest absolute Gasteiger partial charge is 0.322 e. The summed E-state index contributed by atoms with van der Waals surface area (Å²) in [6.07, 6.45) is 3.85. The van der Waals surface area contributed by atoms with Gasteiger partial charge in [0.1, 0.15) is 12.6 Å². The first kappa shape index (κ1) is 23.6. The van der Waals surface area contributed by atoms with Gasteiger partial charge < -0.3 is 14.8 Å². The summed E-state index contributed by atoms with van der Waals surface area (Å²) >= 11 is 3.43. The lowest BCUT2D eigenvalue weighted by atomic mass is 9.96. The quantitative estimate of drug-likeness (QED) is 0.299. The summed E-state index contributed by atoms with van der Waals surface area (Å²) in [6.45, 7) is 2.07. The molecule has 0 radical (unpaired) electrons. The first-order valence-corrected chi connectivity index (χ1v) is 13.3. The van der Waals surface area contributed by atoms with Crippen molar-refractivity contribution in [3.05, 3.63) is 112 Å². The van der Waals surface area contributed by atoms with Crippen LogP contribution in [0.25, 0.3) is 5.69 Å². The van der Waals surface area contributed by atoms with Gasteiger partial charge in [0.05, 0.1) is 17.1 Å². The van der Waals surface area contributed by atoms with Gasteiger partial charge in [0, 0.05) is 22.4 Å². The molecule has 6 nitrogen and oxygen atoms in total. The number of benzene rings is 3. The second kappa shape index (κ2) is 9.56. The highest BCUT2D eigenvalue weighted by atomic mass is 79.9. The molecular formula is C30H27BrN4O2. The Hall–Kier alpha value is -3.84. The average molecular weight is 555 g/mol. The topological polar surface area (TPSA) is 57.6 Å². The number of nitrogens with zero attached hydrogens (tertiary/aromatic N) is 3. The van der Waals surface area contributed by atoms with E-state index in [1.165, 1.54) is 0 Å². The molecule has 3 amide bonds. The molecule has 2 heterocycles. The number of fused-ring (bicyclic) bond motifs is 3. The first-order chi connectivity index (χ1) is 18.0. The summed E-state index contributed by atoms with van der Waals surface area (Å²) in [6, 6.07) is 27.3. The Morgan fingerprint density at radius 3 is 2.43 bits per heavy atom. The van der Waals surface area contributed by atoms with Crippen LogP contribution in [0.3, 0.4) is 0 Å². The maximum Gasteiger partial charge on any atom is 0.322 e. The Morgan fingerprint density at radius 1 is 0.946 bits per heavy atom. The van der Waals surface area contributed by atoms with Crippen LogP contribution in [0.5, 0.6) is 0 Å². The number of nitrogens with one attached hydrogen (secondary N) is 1. The summed E-state index contributed by atoms with van der Waals surface area (Å²) in [5.74, 6) is -0.107. The number of carbonyl (C=O) groups excluding carboxylic acids is 2. The number of aromatic nitrogens is 1. The van der Waals surface area contributed by atoms with Crippen LogP contribution in [0.15, 0.2) is 95.6 Å². The molecule has 1 aliphatic carbocycles. The number of hydrogen-bond donors (Lipinski definition) is 1. The van der Waals surface area contributed by atoms with Crippen molar-refractivity contribution < 1.29 is 9.59 Å². The molecule has 1 fully saturated rings. The second-order valence-corrected chi connectivity index (χ2v) is 10.6. The van der Waals surface area contributed by atoms with Crippen molar-refractivity contribution in [1.29, 1.82) is 0 Å². The second-order valence-electron chi connectivity index (χ2n) is 9.67. The molecule has 0 saturated heterocycles. The van der Waals surface area contributed by atoms with Crippen molar-refractivity contribution in [3.63, 3.8) is 0 Å². The molecule has 3 aromatic carbocycles. The zero-order valence-electron chi connectivity index (χ0n) is 20.5. The molecule has 1 atom stereocenters. The molecule has 1 aromatic heterocycles. The van der Waals surface area contributed by atoms with Gasteiger partial charge in [0.2, 0.25) is 5.91 Å². The number of hydrogen-bond acceptors (Lipinski definition) is 2. The van der Waals surface area contributed by atoms with Gasteiger partial charge in [-0.2, -0.15) is 0 Å². The van der Waals surface area contributed by atoms with Crippen molar-refractivity contribution in [2.75, 3.05) is 16.8 Å². The highest BCUT2D eigenvalue weighted by Crippen LogP contribution is 2.42. The number of amides is 3. The number of anilines is 2. The van der Waals surface area contributed by atoms with Crippen LogP contribution in [-0.4, -0.2) is 34.0 Å². The Kier molecular flexibility index (Phi) is 6.08. The lowest BCUT2D eigenvalue weighted by molar-refractivity contribution is -0.119. The third-order valence-corrected chi connectivity index (χ3v) is 7.52. The van der Waals surface area contributed by atoms with Gasteiger partial charge >= 0.3 is 6.03 Å². The van der Waals surface area contributed by atoms with E-state index in [0.717, 1.165) is 45.5 Å². The van der Waals surface area contributed by atoms with Gasteiger partial charge in [-0.15, -0.1) is 0 Å². The van der Waals surface area contributed by atoms with E-state index in [1.807, 2.05) is 71.8 Å². The summed E-state index contributed by atoms with van der Waals surface area (Å²) in [4.78, 5) is 31.1. The number of urea groups is 1. The molecule has 1 saturated carbocycles. The van der Waals surface area contributed by atoms with Gasteiger partial charge in [0.15, 0.2) is 0 Å². The summed E-state index contributed by atoms with van der Waals surface area (Å²) < 4.78 is 3.10. The molecule has 1 aliphatic heterocycles. The molecule has 1 unspecified atom stereocenters. The van der Waals surface area contributed by atoms with Crippen molar-refractivity contribution in [2.45, 2.75) is 31.8 Å². The van der Waals surface area contributed by atoms with Gasteiger partial charge in [-0.1, -0.05) is 57.9 Å². The van der Waals surface area contributed by atoms with E-state index in [4.69, 9.17) is 0 Å². The molecule has 1 N–H and O–H groups in total. The van der Waals surface area contributed by atoms with Crippen LogP contribution < -0.4 is 10.2 Å². The lowest BCUT2D eigenvalue weighted by Crippen LogP contribution is -2.48. The van der Waals surface area contributed by atoms with Crippen molar-refractivity contribution in [1.82, 2.24) is 9.47 Å². The third kappa shape index (κ3) is 4.55. The number of para-hydroxylation sites is 2. The van der Waals surface area contributed by atoms with Gasteiger partial charge in [-0.25, -0.2) is 4.79 Å². The Bertz CT molecular complexity index is 1470. The minimum atomic E-state index is -0.298. The third-order valence-electron chi connectivity index (χ3n) is 7.00. The summed E-state index contributed by atoms with van der Waals surface area (Å²) in [5, 5.41) is 2.97. The van der Waals surface area contributed by atoms with Crippen LogP contribution in [0.1, 0.15) is 35.7 Å². The maximum absolute atomic E-state index is 14.2. The molecule has 0 bridgehead atoms. The van der Waals surface area contributed by atoms with Crippen LogP contribution in [-0.2, 0) is 4.79 Å². The van der Waals surface area contributed by atoms with Gasteiger partial charge in [0.25, 0.3) is 0 Å². The number of aryl methyl sites for hydroxylation is 1. The number of rotatable bonds is 5. The van der Waals surface area contributed by atoms with Crippen LogP contribution in [0.2, 0.25) is 0 Å². The van der Waals surface area contributed by atoms with E-state index < -0.39 is 0 Å². The Labute approximate surface area is 224 Å². The summed E-state index contributed by atoms with van der Waals surface area (Å²) in [5.41, 5.74) is 5.69. The van der Waals surface area contributed by atoms with Crippen LogP contribution >= 0.6 is 15.9 Å². The van der Waals surface area contributed by atoms with E-state index in [9.17, 15) is 9.59 Å². The molecular weight excluding hydrogens is 528 g/mol. The van der Waals surface area contributed by atoms with Gasteiger partial charge in [-0.3, -0.25) is 9.69 Å². The summed E-state index contributed by atoms with van der Waals surface area (Å²) in [7, 11) is 0. The maximum atomic E-state index is 14.2. The monoisotopic (exact) mass is 554 g/mol. The number of carbonyl (C=O) groups is 2. The molecule has 2 aliphatic rings. The van der Waals surface area contributed by atoms with Gasteiger partial charge in [-0.05, 0) is 73.9 Å². The zero-order chi connectivity index (χ0) is 25.5. The fraction of sp³-hybridized carbons (Fsp3) is 0.200. The van der Waals surface area contributed by atoms with Crippen LogP contribution in [0.4, 0.5) is 16.2 Å². The van der Waals surface area contributed by atoms with E-state index in [-0.39, 0.29) is 30.6 Å². The fourth-order valence-electron chi connectivity index (χ4n) is 5.12. The smallest absolute Gasteiger partial charge is 0.316 e. The average Bonchev–Trinajstić information content (AvgIpc) is 3.62. The molecule has 0 spiro atoms.